The van der Waals surface area contributed by atoms with Gasteiger partial charge in [-0.1, -0.05) is 28.1 Å². The number of benzene rings is 1. The summed E-state index contributed by atoms with van der Waals surface area (Å²) in [5, 5.41) is 5.09. The smallest absolute Gasteiger partial charge is 0.261 e. The summed E-state index contributed by atoms with van der Waals surface area (Å²) in [4.78, 5) is 13.0. The highest BCUT2D eigenvalue weighted by atomic mass is 79.9. The van der Waals surface area contributed by atoms with Crippen molar-refractivity contribution in [2.24, 2.45) is 0 Å². The molecule has 0 saturated carbocycles. The third-order valence-corrected chi connectivity index (χ3v) is 5.64. The maximum Gasteiger partial charge on any atom is 0.261 e. The molecule has 0 aliphatic heterocycles. The number of halogens is 1. The molecule has 3 aromatic rings. The van der Waals surface area contributed by atoms with Crippen LogP contribution >= 0.6 is 38.6 Å². The molecule has 2 aromatic heterocycles. The lowest BCUT2D eigenvalue weighted by atomic mass is 10.1. The topological polar surface area (TPSA) is 29.1 Å². The predicted octanol–water partition coefficient (Wildman–Crippen LogP) is 5.22. The van der Waals surface area contributed by atoms with Crippen molar-refractivity contribution in [2.45, 2.75) is 13.0 Å². The molecule has 2 heterocycles. The molecule has 102 valence electrons. The van der Waals surface area contributed by atoms with Crippen LogP contribution in [0.1, 0.15) is 28.2 Å². The Balaban J connectivity index is 1.76. The summed E-state index contributed by atoms with van der Waals surface area (Å²) in [6.07, 6.45) is 0. The van der Waals surface area contributed by atoms with E-state index in [0.29, 0.717) is 0 Å². The lowest BCUT2D eigenvalue weighted by molar-refractivity contribution is 0.0944. The van der Waals surface area contributed by atoms with Gasteiger partial charge in [-0.3, -0.25) is 4.79 Å². The van der Waals surface area contributed by atoms with Gasteiger partial charge in [0.25, 0.3) is 5.91 Å². The van der Waals surface area contributed by atoms with Gasteiger partial charge in [0, 0.05) is 13.9 Å². The fraction of sp³-hybridized carbons (Fsp3) is 0.133. The van der Waals surface area contributed by atoms with Crippen LogP contribution in [-0.4, -0.2) is 5.91 Å². The minimum atomic E-state index is -0.0138. The van der Waals surface area contributed by atoms with E-state index in [1.165, 1.54) is 9.40 Å². The van der Waals surface area contributed by atoms with Gasteiger partial charge in [-0.25, -0.2) is 0 Å². The summed E-state index contributed by atoms with van der Waals surface area (Å²) >= 11 is 6.66. The highest BCUT2D eigenvalue weighted by molar-refractivity contribution is 9.10. The Morgan fingerprint density at radius 3 is 2.85 bits per heavy atom. The quantitative estimate of drug-likeness (QED) is 0.677. The molecule has 0 aliphatic carbocycles. The first-order valence-corrected chi connectivity index (χ1v) is 8.66. The van der Waals surface area contributed by atoms with E-state index in [0.717, 1.165) is 14.9 Å². The van der Waals surface area contributed by atoms with Crippen molar-refractivity contribution in [1.82, 2.24) is 5.32 Å². The number of carbonyl (C=O) groups excluding carboxylic acids is 1. The van der Waals surface area contributed by atoms with Gasteiger partial charge in [0.15, 0.2) is 0 Å². The number of fused-ring (bicyclic) bond motifs is 1. The summed E-state index contributed by atoms with van der Waals surface area (Å²) in [5.41, 5.74) is 1.09. The van der Waals surface area contributed by atoms with Crippen molar-refractivity contribution >= 4 is 53.9 Å². The van der Waals surface area contributed by atoms with E-state index in [-0.39, 0.29) is 11.9 Å². The average molecular weight is 366 g/mol. The number of carbonyl (C=O) groups is 1. The molecule has 0 radical (unpaired) electrons. The normalized spacial score (nSPS) is 12.5. The molecule has 0 aliphatic rings. The van der Waals surface area contributed by atoms with E-state index in [2.05, 4.69) is 27.3 Å². The van der Waals surface area contributed by atoms with Crippen LogP contribution in [0.15, 0.2) is 46.3 Å². The maximum atomic E-state index is 12.3. The Morgan fingerprint density at radius 2 is 2.10 bits per heavy atom. The van der Waals surface area contributed by atoms with Gasteiger partial charge in [-0.15, -0.1) is 22.7 Å². The Bertz CT molecular complexity index is 733. The number of nitrogens with one attached hydrogen (secondary N) is 1. The van der Waals surface area contributed by atoms with Gasteiger partial charge in [-0.05, 0) is 42.1 Å². The van der Waals surface area contributed by atoms with E-state index in [1.807, 2.05) is 42.6 Å². The Morgan fingerprint density at radius 1 is 1.25 bits per heavy atom. The van der Waals surface area contributed by atoms with Gasteiger partial charge in [0.1, 0.15) is 0 Å². The second-order valence-electron chi connectivity index (χ2n) is 4.51. The summed E-state index contributed by atoms with van der Waals surface area (Å²) < 4.78 is 3.37. The minimum Gasteiger partial charge on any atom is -0.345 e. The number of hydrogen-bond donors (Lipinski definition) is 1. The lowest BCUT2D eigenvalue weighted by Gasteiger charge is -2.13. The Hall–Kier alpha value is -1.17. The van der Waals surface area contributed by atoms with Crippen LogP contribution in [0.2, 0.25) is 0 Å². The summed E-state index contributed by atoms with van der Waals surface area (Å²) in [6, 6.07) is 12.0. The van der Waals surface area contributed by atoms with Crippen LogP contribution in [-0.2, 0) is 0 Å². The third-order valence-electron chi connectivity index (χ3n) is 3.06. The Labute approximate surface area is 133 Å². The number of thiophene rings is 2. The van der Waals surface area contributed by atoms with Gasteiger partial charge in [-0.2, -0.15) is 0 Å². The van der Waals surface area contributed by atoms with Crippen molar-refractivity contribution in [1.29, 1.82) is 0 Å². The van der Waals surface area contributed by atoms with Crippen molar-refractivity contribution < 1.29 is 4.79 Å². The molecule has 1 aromatic carbocycles. The standard InChI is InChI=1S/C15H12BrNOS2/c1-9(10-3-2-4-11(16)7-10)17-15(18)14-8-13-12(20-14)5-6-19-13/h2-9H,1H3,(H,17,18). The summed E-state index contributed by atoms with van der Waals surface area (Å²) in [6.45, 7) is 2.00. The second kappa shape index (κ2) is 5.68. The Kier molecular flexibility index (Phi) is 3.92. The van der Waals surface area contributed by atoms with E-state index < -0.39 is 0 Å². The lowest BCUT2D eigenvalue weighted by Crippen LogP contribution is -2.25. The van der Waals surface area contributed by atoms with Crippen molar-refractivity contribution in [3.63, 3.8) is 0 Å². The van der Waals surface area contributed by atoms with Crippen LogP contribution in [0.4, 0.5) is 0 Å². The van der Waals surface area contributed by atoms with Crippen LogP contribution in [0.5, 0.6) is 0 Å². The fourth-order valence-electron chi connectivity index (χ4n) is 2.00. The SMILES string of the molecule is CC(NC(=O)c1cc2sccc2s1)c1cccc(Br)c1. The minimum absolute atomic E-state index is 0.00845. The van der Waals surface area contributed by atoms with Crippen LogP contribution in [0, 0.1) is 0 Å². The summed E-state index contributed by atoms with van der Waals surface area (Å²) in [7, 11) is 0. The zero-order chi connectivity index (χ0) is 14.1. The van der Waals surface area contributed by atoms with Crippen LogP contribution < -0.4 is 5.32 Å². The molecule has 1 atom stereocenters. The highest BCUT2D eigenvalue weighted by Crippen LogP contribution is 2.30. The van der Waals surface area contributed by atoms with Crippen molar-refractivity contribution in [3.8, 4) is 0 Å². The first-order valence-electron chi connectivity index (χ1n) is 6.17. The molecule has 1 unspecified atom stereocenters. The largest absolute Gasteiger partial charge is 0.345 e. The van der Waals surface area contributed by atoms with Gasteiger partial charge in [0.2, 0.25) is 0 Å². The fourth-order valence-corrected chi connectivity index (χ4v) is 4.43. The van der Waals surface area contributed by atoms with E-state index in [4.69, 9.17) is 0 Å². The average Bonchev–Trinajstić information content (AvgIpc) is 2.99. The zero-order valence-electron chi connectivity index (χ0n) is 10.7. The van der Waals surface area contributed by atoms with Gasteiger partial charge >= 0.3 is 0 Å². The molecule has 0 spiro atoms. The van der Waals surface area contributed by atoms with Crippen LogP contribution in [0.25, 0.3) is 9.40 Å². The third kappa shape index (κ3) is 2.80. The molecular formula is C15H12BrNOS2. The molecule has 0 saturated heterocycles. The molecule has 0 bridgehead atoms. The van der Waals surface area contributed by atoms with Gasteiger partial charge < -0.3 is 5.32 Å². The predicted molar refractivity (Wildman–Crippen MR) is 89.7 cm³/mol. The molecule has 0 fully saturated rings. The molecule has 2 nitrogen and oxygen atoms in total. The highest BCUT2D eigenvalue weighted by Gasteiger charge is 2.14. The molecule has 1 N–H and O–H groups in total. The summed E-state index contributed by atoms with van der Waals surface area (Å²) in [5.74, 6) is -0.00845. The number of amides is 1. The van der Waals surface area contributed by atoms with Crippen molar-refractivity contribution in [3.05, 3.63) is 56.7 Å². The van der Waals surface area contributed by atoms with E-state index in [1.54, 1.807) is 22.7 Å². The molecular weight excluding hydrogens is 354 g/mol. The molecule has 1 amide bonds. The van der Waals surface area contributed by atoms with Gasteiger partial charge in [0.05, 0.1) is 10.9 Å². The van der Waals surface area contributed by atoms with Crippen LogP contribution in [0.3, 0.4) is 0 Å². The maximum absolute atomic E-state index is 12.3. The zero-order valence-corrected chi connectivity index (χ0v) is 13.9. The molecule has 5 heteroatoms. The number of rotatable bonds is 3. The molecule has 20 heavy (non-hydrogen) atoms. The second-order valence-corrected chi connectivity index (χ2v) is 7.46. The first-order chi connectivity index (χ1) is 9.63. The van der Waals surface area contributed by atoms with E-state index in [9.17, 15) is 4.79 Å². The first kappa shape index (κ1) is 13.8. The molecule has 3 rings (SSSR count). The number of hydrogen-bond acceptors (Lipinski definition) is 3. The monoisotopic (exact) mass is 365 g/mol. The van der Waals surface area contributed by atoms with Crippen molar-refractivity contribution in [2.75, 3.05) is 0 Å². The van der Waals surface area contributed by atoms with E-state index >= 15 is 0 Å².